The molecule has 1 N–H and O–H groups in total. The first-order chi connectivity index (χ1) is 12.3. The summed E-state index contributed by atoms with van der Waals surface area (Å²) in [6.45, 7) is 2.37. The van der Waals surface area contributed by atoms with Crippen LogP contribution in [0.2, 0.25) is 0 Å². The summed E-state index contributed by atoms with van der Waals surface area (Å²) in [7, 11) is 0. The minimum Gasteiger partial charge on any atom is -0.489 e. The SMILES string of the molecule is CCSc1nnc(NC(=O)c2ccccc2COc2ccccc2)s1. The van der Waals surface area contributed by atoms with Gasteiger partial charge in [0, 0.05) is 11.1 Å². The Labute approximate surface area is 154 Å². The van der Waals surface area contributed by atoms with Gasteiger partial charge in [-0.15, -0.1) is 10.2 Å². The van der Waals surface area contributed by atoms with E-state index >= 15 is 0 Å². The standard InChI is InChI=1S/C18H17N3O2S2/c1-2-24-18-21-20-17(25-18)19-16(22)15-11-7-6-8-13(15)12-23-14-9-4-3-5-10-14/h3-11H,2,12H2,1H3,(H,19,20,22). The van der Waals surface area contributed by atoms with Crippen LogP contribution < -0.4 is 10.1 Å². The quantitative estimate of drug-likeness (QED) is 0.490. The summed E-state index contributed by atoms with van der Waals surface area (Å²) < 4.78 is 6.61. The van der Waals surface area contributed by atoms with Crippen molar-refractivity contribution in [1.82, 2.24) is 10.2 Å². The molecule has 25 heavy (non-hydrogen) atoms. The zero-order valence-corrected chi connectivity index (χ0v) is 15.3. The molecule has 0 bridgehead atoms. The van der Waals surface area contributed by atoms with E-state index in [0.29, 0.717) is 17.3 Å². The smallest absolute Gasteiger partial charge is 0.257 e. The van der Waals surface area contributed by atoms with Crippen LogP contribution in [0.15, 0.2) is 58.9 Å². The highest BCUT2D eigenvalue weighted by Crippen LogP contribution is 2.25. The normalized spacial score (nSPS) is 10.4. The van der Waals surface area contributed by atoms with Gasteiger partial charge < -0.3 is 4.74 Å². The van der Waals surface area contributed by atoms with Gasteiger partial charge in [-0.1, -0.05) is 66.4 Å². The summed E-state index contributed by atoms with van der Waals surface area (Å²) >= 11 is 2.98. The van der Waals surface area contributed by atoms with Gasteiger partial charge in [0.1, 0.15) is 12.4 Å². The van der Waals surface area contributed by atoms with E-state index in [1.54, 1.807) is 17.8 Å². The highest BCUT2D eigenvalue weighted by atomic mass is 32.2. The Balaban J connectivity index is 1.69. The number of carbonyl (C=O) groups excluding carboxylic acids is 1. The van der Waals surface area contributed by atoms with Crippen molar-refractivity contribution in [3.8, 4) is 5.75 Å². The van der Waals surface area contributed by atoms with E-state index in [1.807, 2.05) is 55.5 Å². The third kappa shape index (κ3) is 4.80. The molecule has 0 aliphatic carbocycles. The Hall–Kier alpha value is -2.38. The molecule has 0 atom stereocenters. The van der Waals surface area contributed by atoms with E-state index in [2.05, 4.69) is 15.5 Å². The van der Waals surface area contributed by atoms with Crippen LogP contribution in [0.5, 0.6) is 5.75 Å². The van der Waals surface area contributed by atoms with Crippen molar-refractivity contribution in [2.75, 3.05) is 11.1 Å². The van der Waals surface area contributed by atoms with Gasteiger partial charge in [0.25, 0.3) is 5.91 Å². The molecule has 0 aliphatic rings. The fraction of sp³-hybridized carbons (Fsp3) is 0.167. The Morgan fingerprint density at radius 3 is 2.68 bits per heavy atom. The molecule has 1 amide bonds. The number of nitrogens with one attached hydrogen (secondary N) is 1. The minimum atomic E-state index is -0.212. The Morgan fingerprint density at radius 1 is 1.12 bits per heavy atom. The zero-order valence-electron chi connectivity index (χ0n) is 13.6. The second-order valence-electron chi connectivity index (χ2n) is 5.02. The van der Waals surface area contributed by atoms with Gasteiger partial charge in [-0.05, 0) is 24.0 Å². The zero-order chi connectivity index (χ0) is 17.5. The van der Waals surface area contributed by atoms with Crippen molar-refractivity contribution in [1.29, 1.82) is 0 Å². The maximum Gasteiger partial charge on any atom is 0.257 e. The molecule has 2 aromatic carbocycles. The number of ether oxygens (including phenoxy) is 1. The molecule has 128 valence electrons. The lowest BCUT2D eigenvalue weighted by Crippen LogP contribution is -2.15. The number of anilines is 1. The number of nitrogens with zero attached hydrogens (tertiary/aromatic N) is 2. The molecule has 0 unspecified atom stereocenters. The van der Waals surface area contributed by atoms with Crippen LogP contribution in [-0.2, 0) is 6.61 Å². The molecule has 1 aromatic heterocycles. The minimum absolute atomic E-state index is 0.212. The van der Waals surface area contributed by atoms with Gasteiger partial charge in [-0.25, -0.2) is 0 Å². The van der Waals surface area contributed by atoms with Gasteiger partial charge in [-0.3, -0.25) is 10.1 Å². The summed E-state index contributed by atoms with van der Waals surface area (Å²) in [5, 5.41) is 11.4. The molecular weight excluding hydrogens is 354 g/mol. The first kappa shape index (κ1) is 17.4. The maximum absolute atomic E-state index is 12.6. The summed E-state index contributed by atoms with van der Waals surface area (Å²) in [5.74, 6) is 1.47. The molecule has 3 aromatic rings. The maximum atomic E-state index is 12.6. The Morgan fingerprint density at radius 2 is 1.88 bits per heavy atom. The van der Waals surface area contributed by atoms with Crippen LogP contribution in [0.4, 0.5) is 5.13 Å². The van der Waals surface area contributed by atoms with Gasteiger partial charge in [0.05, 0.1) is 0 Å². The van der Waals surface area contributed by atoms with E-state index in [9.17, 15) is 4.79 Å². The molecule has 3 rings (SSSR count). The first-order valence-corrected chi connectivity index (χ1v) is 9.60. The van der Waals surface area contributed by atoms with Crippen LogP contribution in [0.3, 0.4) is 0 Å². The number of amides is 1. The highest BCUT2D eigenvalue weighted by Gasteiger charge is 2.14. The fourth-order valence-corrected chi connectivity index (χ4v) is 3.80. The molecule has 7 heteroatoms. The van der Waals surface area contributed by atoms with Gasteiger partial charge in [0.15, 0.2) is 4.34 Å². The lowest BCUT2D eigenvalue weighted by Gasteiger charge is -2.10. The van der Waals surface area contributed by atoms with Crippen molar-refractivity contribution in [3.05, 3.63) is 65.7 Å². The summed E-state index contributed by atoms with van der Waals surface area (Å²) in [4.78, 5) is 12.6. The number of thioether (sulfide) groups is 1. The second-order valence-corrected chi connectivity index (χ2v) is 7.51. The Kier molecular flexibility index (Phi) is 6.03. The number of rotatable bonds is 7. The van der Waals surface area contributed by atoms with Crippen LogP contribution >= 0.6 is 23.1 Å². The molecule has 1 heterocycles. The Bertz CT molecular complexity index is 837. The third-order valence-corrected chi connectivity index (χ3v) is 5.15. The predicted octanol–water partition coefficient (Wildman–Crippen LogP) is 4.48. The fourth-order valence-electron chi connectivity index (χ4n) is 2.15. The lowest BCUT2D eigenvalue weighted by atomic mass is 10.1. The number of benzene rings is 2. The summed E-state index contributed by atoms with van der Waals surface area (Å²) in [6.07, 6.45) is 0. The van der Waals surface area contributed by atoms with Gasteiger partial charge in [0.2, 0.25) is 5.13 Å². The average molecular weight is 371 g/mol. The topological polar surface area (TPSA) is 64.1 Å². The molecule has 0 saturated heterocycles. The van der Waals surface area contributed by atoms with Gasteiger partial charge >= 0.3 is 0 Å². The largest absolute Gasteiger partial charge is 0.489 e. The first-order valence-electron chi connectivity index (χ1n) is 7.79. The average Bonchev–Trinajstić information content (AvgIpc) is 3.08. The molecular formula is C18H17N3O2S2. The predicted molar refractivity (Wildman–Crippen MR) is 101 cm³/mol. The van der Waals surface area contributed by atoms with Crippen LogP contribution in [-0.4, -0.2) is 21.9 Å². The van der Waals surface area contributed by atoms with Crippen molar-refractivity contribution >= 4 is 34.1 Å². The molecule has 0 fully saturated rings. The molecule has 0 aliphatic heterocycles. The molecule has 0 radical (unpaired) electrons. The van der Waals surface area contributed by atoms with E-state index in [-0.39, 0.29) is 5.91 Å². The van der Waals surface area contributed by atoms with E-state index in [4.69, 9.17) is 4.74 Å². The highest BCUT2D eigenvalue weighted by molar-refractivity contribution is 8.01. The molecule has 5 nitrogen and oxygen atoms in total. The summed E-state index contributed by atoms with van der Waals surface area (Å²) in [5.41, 5.74) is 1.38. The number of hydrogen-bond donors (Lipinski definition) is 1. The van der Waals surface area contributed by atoms with Crippen molar-refractivity contribution < 1.29 is 9.53 Å². The molecule has 0 saturated carbocycles. The van der Waals surface area contributed by atoms with E-state index in [1.165, 1.54) is 11.3 Å². The number of para-hydroxylation sites is 1. The van der Waals surface area contributed by atoms with Gasteiger partial charge in [-0.2, -0.15) is 0 Å². The third-order valence-electron chi connectivity index (χ3n) is 3.29. The van der Waals surface area contributed by atoms with Crippen molar-refractivity contribution in [2.45, 2.75) is 17.9 Å². The number of aromatic nitrogens is 2. The van der Waals surface area contributed by atoms with Crippen molar-refractivity contribution in [2.24, 2.45) is 0 Å². The lowest BCUT2D eigenvalue weighted by molar-refractivity contribution is 0.102. The van der Waals surface area contributed by atoms with E-state index in [0.717, 1.165) is 21.4 Å². The van der Waals surface area contributed by atoms with Crippen LogP contribution in [0.1, 0.15) is 22.8 Å². The number of hydrogen-bond acceptors (Lipinski definition) is 6. The second kappa shape index (κ2) is 8.64. The molecule has 0 spiro atoms. The summed E-state index contributed by atoms with van der Waals surface area (Å²) in [6, 6.07) is 16.9. The number of carbonyl (C=O) groups is 1. The monoisotopic (exact) mass is 371 g/mol. The van der Waals surface area contributed by atoms with Crippen LogP contribution in [0.25, 0.3) is 0 Å². The van der Waals surface area contributed by atoms with Crippen LogP contribution in [0, 0.1) is 0 Å². The van der Waals surface area contributed by atoms with Crippen molar-refractivity contribution in [3.63, 3.8) is 0 Å². The van der Waals surface area contributed by atoms with E-state index < -0.39 is 0 Å².